The van der Waals surface area contributed by atoms with Crippen LogP contribution in [0.2, 0.25) is 0 Å². The van der Waals surface area contributed by atoms with Crippen molar-refractivity contribution in [3.05, 3.63) is 28.3 Å². The van der Waals surface area contributed by atoms with Gasteiger partial charge in [0.2, 0.25) is 0 Å². The summed E-state index contributed by atoms with van der Waals surface area (Å²) in [4.78, 5) is 20.8. The number of carbonyl (C=O) groups is 1. The standard InChI is InChI=1S/C14H20N2O5/c1-10(3-6-14(17)18)7-8-15-11-4-5-12(16(19)20)13(9-11)21-2/h4-5,9-10,15H,3,6-8H2,1-2H3,(H,17,18). The van der Waals surface area contributed by atoms with Crippen LogP contribution in [-0.2, 0) is 4.79 Å². The van der Waals surface area contributed by atoms with Crippen molar-refractivity contribution < 1.29 is 19.6 Å². The van der Waals surface area contributed by atoms with Gasteiger partial charge in [-0.25, -0.2) is 0 Å². The fraction of sp³-hybridized carbons (Fsp3) is 0.500. The van der Waals surface area contributed by atoms with Crippen molar-refractivity contribution in [3.8, 4) is 5.75 Å². The molecule has 0 saturated heterocycles. The van der Waals surface area contributed by atoms with Gasteiger partial charge < -0.3 is 15.2 Å². The lowest BCUT2D eigenvalue weighted by Crippen LogP contribution is -2.08. The normalized spacial score (nSPS) is 11.7. The van der Waals surface area contributed by atoms with Crippen molar-refractivity contribution in [1.29, 1.82) is 0 Å². The summed E-state index contributed by atoms with van der Waals surface area (Å²) in [7, 11) is 1.39. The van der Waals surface area contributed by atoms with E-state index in [1.807, 2.05) is 6.92 Å². The van der Waals surface area contributed by atoms with E-state index in [0.29, 0.717) is 18.9 Å². The molecule has 1 aromatic rings. The first kappa shape index (κ1) is 16.7. The van der Waals surface area contributed by atoms with E-state index < -0.39 is 10.9 Å². The van der Waals surface area contributed by atoms with E-state index in [9.17, 15) is 14.9 Å². The third-order valence-electron chi connectivity index (χ3n) is 3.19. The van der Waals surface area contributed by atoms with E-state index in [0.717, 1.165) is 12.1 Å². The largest absolute Gasteiger partial charge is 0.490 e. The minimum atomic E-state index is -0.782. The molecule has 7 heteroatoms. The lowest BCUT2D eigenvalue weighted by Gasteiger charge is -2.12. The summed E-state index contributed by atoms with van der Waals surface area (Å²) in [6.07, 6.45) is 1.64. The van der Waals surface area contributed by atoms with Crippen molar-refractivity contribution in [1.82, 2.24) is 0 Å². The fourth-order valence-corrected chi connectivity index (χ4v) is 1.92. The molecule has 0 saturated carbocycles. The zero-order valence-corrected chi connectivity index (χ0v) is 12.2. The SMILES string of the molecule is COc1cc(NCCC(C)CCC(=O)O)ccc1[N+](=O)[O-]. The Morgan fingerprint density at radius 2 is 2.19 bits per heavy atom. The van der Waals surface area contributed by atoms with E-state index in [1.165, 1.54) is 13.2 Å². The monoisotopic (exact) mass is 296 g/mol. The maximum Gasteiger partial charge on any atom is 0.311 e. The highest BCUT2D eigenvalue weighted by Crippen LogP contribution is 2.29. The molecule has 0 amide bonds. The smallest absolute Gasteiger partial charge is 0.311 e. The van der Waals surface area contributed by atoms with Gasteiger partial charge in [0.05, 0.1) is 12.0 Å². The Morgan fingerprint density at radius 1 is 1.48 bits per heavy atom. The van der Waals surface area contributed by atoms with Gasteiger partial charge in [0, 0.05) is 30.8 Å². The van der Waals surface area contributed by atoms with Crippen LogP contribution in [0.15, 0.2) is 18.2 Å². The maximum atomic E-state index is 10.8. The number of aliphatic carboxylic acids is 1. The average molecular weight is 296 g/mol. The summed E-state index contributed by atoms with van der Waals surface area (Å²) >= 11 is 0. The molecule has 0 fully saturated rings. The van der Waals surface area contributed by atoms with Crippen LogP contribution in [0.3, 0.4) is 0 Å². The van der Waals surface area contributed by atoms with Crippen LogP contribution in [0, 0.1) is 16.0 Å². The zero-order chi connectivity index (χ0) is 15.8. The lowest BCUT2D eigenvalue weighted by atomic mass is 10.0. The van der Waals surface area contributed by atoms with Crippen molar-refractivity contribution in [3.63, 3.8) is 0 Å². The predicted molar refractivity (Wildman–Crippen MR) is 78.8 cm³/mol. The van der Waals surface area contributed by atoms with Gasteiger partial charge in [-0.2, -0.15) is 0 Å². The Hall–Kier alpha value is -2.31. The number of benzene rings is 1. The number of hydrogen-bond donors (Lipinski definition) is 2. The molecule has 0 radical (unpaired) electrons. The molecule has 0 aromatic heterocycles. The van der Waals surface area contributed by atoms with E-state index in [2.05, 4.69) is 5.32 Å². The molecule has 1 aromatic carbocycles. The van der Waals surface area contributed by atoms with Gasteiger partial charge in [-0.3, -0.25) is 14.9 Å². The molecule has 116 valence electrons. The maximum absolute atomic E-state index is 10.8. The molecular formula is C14H20N2O5. The van der Waals surface area contributed by atoms with Crippen molar-refractivity contribution in [2.75, 3.05) is 19.0 Å². The summed E-state index contributed by atoms with van der Waals surface area (Å²) < 4.78 is 4.99. The van der Waals surface area contributed by atoms with Crippen molar-refractivity contribution in [2.24, 2.45) is 5.92 Å². The highest BCUT2D eigenvalue weighted by Gasteiger charge is 2.14. The quantitative estimate of drug-likeness (QED) is 0.536. The van der Waals surface area contributed by atoms with Gasteiger partial charge in [0.15, 0.2) is 5.75 Å². The van der Waals surface area contributed by atoms with Crippen molar-refractivity contribution in [2.45, 2.75) is 26.2 Å². The number of nitrogens with zero attached hydrogens (tertiary/aromatic N) is 1. The Kier molecular flexibility index (Phi) is 6.45. The molecular weight excluding hydrogens is 276 g/mol. The second-order valence-electron chi connectivity index (χ2n) is 4.90. The molecule has 1 rings (SSSR count). The number of nitrogens with one attached hydrogen (secondary N) is 1. The van der Waals surface area contributed by atoms with Crippen LogP contribution in [0.5, 0.6) is 5.75 Å². The van der Waals surface area contributed by atoms with Crippen LogP contribution in [0.4, 0.5) is 11.4 Å². The molecule has 1 atom stereocenters. The number of rotatable bonds is 9. The number of hydrogen-bond acceptors (Lipinski definition) is 5. The molecule has 0 aliphatic heterocycles. The van der Waals surface area contributed by atoms with Gasteiger partial charge in [0.1, 0.15) is 0 Å². The predicted octanol–water partition coefficient (Wildman–Crippen LogP) is 2.91. The average Bonchev–Trinajstić information content (AvgIpc) is 2.44. The fourth-order valence-electron chi connectivity index (χ4n) is 1.92. The van der Waals surface area contributed by atoms with E-state index in [-0.39, 0.29) is 17.9 Å². The van der Waals surface area contributed by atoms with Crippen LogP contribution in [-0.4, -0.2) is 29.7 Å². The number of ether oxygens (including phenoxy) is 1. The lowest BCUT2D eigenvalue weighted by molar-refractivity contribution is -0.385. The Bertz CT molecular complexity index is 504. The summed E-state index contributed by atoms with van der Waals surface area (Å²) in [6, 6.07) is 4.61. The van der Waals surface area contributed by atoms with Gasteiger partial charge in [0.25, 0.3) is 0 Å². The van der Waals surface area contributed by atoms with Gasteiger partial charge >= 0.3 is 11.7 Å². The Balaban J connectivity index is 2.49. The molecule has 21 heavy (non-hydrogen) atoms. The Labute approximate surface area is 123 Å². The van der Waals surface area contributed by atoms with Gasteiger partial charge in [-0.1, -0.05) is 6.92 Å². The number of anilines is 1. The molecule has 0 heterocycles. The van der Waals surface area contributed by atoms with Crippen LogP contribution < -0.4 is 10.1 Å². The minimum absolute atomic E-state index is 0.0714. The third-order valence-corrected chi connectivity index (χ3v) is 3.19. The molecule has 2 N–H and O–H groups in total. The van der Waals surface area contributed by atoms with Gasteiger partial charge in [-0.05, 0) is 24.8 Å². The van der Waals surface area contributed by atoms with E-state index >= 15 is 0 Å². The molecule has 0 bridgehead atoms. The van der Waals surface area contributed by atoms with Gasteiger partial charge in [-0.15, -0.1) is 0 Å². The Morgan fingerprint density at radius 3 is 2.76 bits per heavy atom. The number of nitro groups is 1. The molecule has 0 aliphatic rings. The molecule has 7 nitrogen and oxygen atoms in total. The molecule has 0 aliphatic carbocycles. The highest BCUT2D eigenvalue weighted by atomic mass is 16.6. The third kappa shape index (κ3) is 5.68. The van der Waals surface area contributed by atoms with Crippen molar-refractivity contribution >= 4 is 17.3 Å². The first-order valence-corrected chi connectivity index (χ1v) is 6.72. The van der Waals surface area contributed by atoms with Crippen LogP contribution in [0.1, 0.15) is 26.2 Å². The summed E-state index contributed by atoms with van der Waals surface area (Å²) in [5.74, 6) is -0.271. The second kappa shape index (κ2) is 8.08. The van der Waals surface area contributed by atoms with Crippen LogP contribution in [0.25, 0.3) is 0 Å². The molecule has 1 unspecified atom stereocenters. The van der Waals surface area contributed by atoms with E-state index in [1.54, 1.807) is 12.1 Å². The first-order valence-electron chi connectivity index (χ1n) is 6.72. The summed E-state index contributed by atoms with van der Waals surface area (Å²) in [5, 5.41) is 22.5. The number of carboxylic acids is 1. The zero-order valence-electron chi connectivity index (χ0n) is 12.2. The topological polar surface area (TPSA) is 102 Å². The highest BCUT2D eigenvalue weighted by molar-refractivity contribution is 5.66. The number of carboxylic acid groups (broad SMARTS) is 1. The number of nitro benzene ring substituents is 1. The summed E-state index contributed by atoms with van der Waals surface area (Å²) in [6.45, 7) is 2.67. The van der Waals surface area contributed by atoms with Crippen LogP contribution >= 0.6 is 0 Å². The van der Waals surface area contributed by atoms with E-state index in [4.69, 9.17) is 9.84 Å². The second-order valence-corrected chi connectivity index (χ2v) is 4.90. The number of methoxy groups -OCH3 is 1. The first-order chi connectivity index (χ1) is 9.93. The summed E-state index contributed by atoms with van der Waals surface area (Å²) in [5.41, 5.74) is 0.667. The minimum Gasteiger partial charge on any atom is -0.490 e. The molecule has 0 spiro atoms.